The number of benzene rings is 3. The van der Waals surface area contributed by atoms with Crippen LogP contribution in [-0.4, -0.2) is 8.07 Å². The third kappa shape index (κ3) is 3.17. The zero-order valence-corrected chi connectivity index (χ0v) is 21.7. The molecule has 0 fully saturated rings. The summed E-state index contributed by atoms with van der Waals surface area (Å²) in [5.41, 5.74) is 6.47. The average Bonchev–Trinajstić information content (AvgIpc) is 2.72. The molecule has 0 saturated heterocycles. The molecule has 4 aromatic rings. The van der Waals surface area contributed by atoms with Gasteiger partial charge in [0.15, 0.2) is 6.20 Å². The van der Waals surface area contributed by atoms with Crippen molar-refractivity contribution in [3.63, 3.8) is 0 Å². The topological polar surface area (TPSA) is 13.1 Å². The molecule has 0 amide bonds. The molecule has 2 heterocycles. The van der Waals surface area contributed by atoms with E-state index in [2.05, 4.69) is 102 Å². The van der Waals surface area contributed by atoms with Gasteiger partial charge in [-0.1, -0.05) is 62.9 Å². The lowest BCUT2D eigenvalue weighted by atomic mass is 9.88. The van der Waals surface area contributed by atoms with E-state index in [9.17, 15) is 0 Å². The van der Waals surface area contributed by atoms with Crippen molar-refractivity contribution in [2.24, 2.45) is 13.0 Å². The van der Waals surface area contributed by atoms with Crippen LogP contribution in [0.1, 0.15) is 30.5 Å². The molecule has 1 aliphatic rings. The van der Waals surface area contributed by atoms with Crippen LogP contribution in [0.3, 0.4) is 0 Å². The van der Waals surface area contributed by atoms with Gasteiger partial charge < -0.3 is 4.74 Å². The van der Waals surface area contributed by atoms with E-state index >= 15 is 0 Å². The van der Waals surface area contributed by atoms with Gasteiger partial charge >= 0.3 is 0 Å². The summed E-state index contributed by atoms with van der Waals surface area (Å²) in [6.07, 6.45) is 3.30. The predicted octanol–water partition coefficient (Wildman–Crippen LogP) is 6.95. The summed E-state index contributed by atoms with van der Waals surface area (Å²) < 4.78 is 9.06. The van der Waals surface area contributed by atoms with Crippen LogP contribution in [0.4, 0.5) is 0 Å². The first kappa shape index (κ1) is 21.2. The lowest BCUT2D eigenvalue weighted by Crippen LogP contribution is -2.38. The molecular formula is C29H34NOSi+. The molecule has 3 heteroatoms. The summed E-state index contributed by atoms with van der Waals surface area (Å²) >= 11 is 0. The van der Waals surface area contributed by atoms with Gasteiger partial charge in [-0.25, -0.2) is 4.57 Å². The molecule has 0 unspecified atom stereocenters. The van der Waals surface area contributed by atoms with E-state index in [1.54, 1.807) is 0 Å². The first-order chi connectivity index (χ1) is 15.1. The number of pyridine rings is 1. The monoisotopic (exact) mass is 440 g/mol. The van der Waals surface area contributed by atoms with Gasteiger partial charge in [0.1, 0.15) is 18.5 Å². The predicted molar refractivity (Wildman–Crippen MR) is 139 cm³/mol. The number of nitrogens with zero attached hydrogens (tertiary/aromatic N) is 1. The van der Waals surface area contributed by atoms with Crippen molar-refractivity contribution in [3.05, 3.63) is 59.3 Å². The molecule has 0 N–H and O–H groups in total. The molecule has 3 aromatic carbocycles. The Morgan fingerprint density at radius 3 is 2.38 bits per heavy atom. The van der Waals surface area contributed by atoms with Crippen molar-refractivity contribution in [2.75, 3.05) is 0 Å². The number of fused-ring (bicyclic) bond motifs is 3. The normalized spacial score (nSPS) is 13.0. The van der Waals surface area contributed by atoms with Crippen molar-refractivity contribution in [3.8, 4) is 22.8 Å². The Morgan fingerprint density at radius 1 is 0.938 bits per heavy atom. The van der Waals surface area contributed by atoms with E-state index < -0.39 is 8.07 Å². The summed E-state index contributed by atoms with van der Waals surface area (Å²) in [4.78, 5) is 0. The summed E-state index contributed by atoms with van der Waals surface area (Å²) in [7, 11) is 0.683. The number of ether oxygens (including phenoxy) is 1. The molecule has 0 bridgehead atoms. The van der Waals surface area contributed by atoms with Crippen molar-refractivity contribution in [1.29, 1.82) is 0 Å². The van der Waals surface area contributed by atoms with Crippen LogP contribution < -0.4 is 14.5 Å². The Bertz CT molecular complexity index is 1410. The lowest BCUT2D eigenvalue weighted by molar-refractivity contribution is -0.659. The molecule has 0 atom stereocenters. The van der Waals surface area contributed by atoms with Crippen LogP contribution in [0.2, 0.25) is 19.6 Å². The minimum absolute atomic E-state index is 0.645. The number of aromatic nitrogens is 1. The van der Waals surface area contributed by atoms with Crippen LogP contribution in [-0.2, 0) is 13.5 Å². The van der Waals surface area contributed by atoms with Gasteiger partial charge in [-0.05, 0) is 59.5 Å². The number of hydrogen-bond donors (Lipinski definition) is 0. The Labute approximate surface area is 192 Å². The van der Waals surface area contributed by atoms with Gasteiger partial charge in [-0.3, -0.25) is 0 Å². The number of aryl methyl sites for hydroxylation is 3. The van der Waals surface area contributed by atoms with Gasteiger partial charge in [0, 0.05) is 11.6 Å². The van der Waals surface area contributed by atoms with E-state index in [1.165, 1.54) is 54.7 Å². The highest BCUT2D eigenvalue weighted by Crippen LogP contribution is 2.50. The van der Waals surface area contributed by atoms with Crippen LogP contribution in [0.15, 0.2) is 42.6 Å². The maximum Gasteiger partial charge on any atom is 0.228 e. The van der Waals surface area contributed by atoms with Gasteiger partial charge in [-0.15, -0.1) is 0 Å². The van der Waals surface area contributed by atoms with Crippen LogP contribution >= 0.6 is 0 Å². The third-order valence-corrected chi connectivity index (χ3v) is 9.01. The van der Waals surface area contributed by atoms with Crippen LogP contribution in [0, 0.1) is 19.8 Å². The molecule has 1 aromatic heterocycles. The van der Waals surface area contributed by atoms with E-state index in [1.807, 2.05) is 0 Å². The Kier molecular flexibility index (Phi) is 4.76. The highest BCUT2D eigenvalue weighted by Gasteiger charge is 2.33. The van der Waals surface area contributed by atoms with E-state index in [0.29, 0.717) is 5.92 Å². The summed E-state index contributed by atoms with van der Waals surface area (Å²) in [5, 5.41) is 6.61. The maximum atomic E-state index is 6.79. The largest absolute Gasteiger partial charge is 0.455 e. The first-order valence-corrected chi connectivity index (χ1v) is 15.3. The molecule has 1 aliphatic heterocycles. The second-order valence-electron chi connectivity index (χ2n) is 11.0. The van der Waals surface area contributed by atoms with Crippen molar-refractivity contribution < 1.29 is 9.30 Å². The number of hydrogen-bond acceptors (Lipinski definition) is 1. The average molecular weight is 441 g/mol. The Balaban J connectivity index is 1.86. The fourth-order valence-electron chi connectivity index (χ4n) is 5.24. The summed E-state index contributed by atoms with van der Waals surface area (Å²) in [6, 6.07) is 14.0. The molecule has 0 aliphatic carbocycles. The number of rotatable bonds is 3. The molecule has 0 radical (unpaired) electrons. The van der Waals surface area contributed by atoms with Crippen molar-refractivity contribution in [2.45, 2.75) is 53.8 Å². The van der Waals surface area contributed by atoms with E-state index in [-0.39, 0.29) is 0 Å². The zero-order chi connectivity index (χ0) is 22.9. The maximum absolute atomic E-state index is 6.79. The lowest BCUT2D eigenvalue weighted by Gasteiger charge is -2.26. The molecule has 32 heavy (non-hydrogen) atoms. The fraction of sp³-hybridized carbons (Fsp3) is 0.345. The zero-order valence-electron chi connectivity index (χ0n) is 20.7. The first-order valence-electron chi connectivity index (χ1n) is 11.8. The van der Waals surface area contributed by atoms with Gasteiger partial charge in [-0.2, -0.15) is 0 Å². The molecule has 0 saturated carbocycles. The summed E-state index contributed by atoms with van der Waals surface area (Å²) in [5.74, 6) is 2.69. The van der Waals surface area contributed by atoms with Crippen molar-refractivity contribution in [1.82, 2.24) is 0 Å². The van der Waals surface area contributed by atoms with Gasteiger partial charge in [0.25, 0.3) is 0 Å². The quantitative estimate of drug-likeness (QED) is 0.218. The van der Waals surface area contributed by atoms with E-state index in [4.69, 9.17) is 4.74 Å². The van der Waals surface area contributed by atoms with Gasteiger partial charge in [0.2, 0.25) is 5.69 Å². The molecule has 2 nitrogen and oxygen atoms in total. The van der Waals surface area contributed by atoms with Crippen LogP contribution in [0.5, 0.6) is 11.5 Å². The molecule has 5 rings (SSSR count). The van der Waals surface area contributed by atoms with E-state index in [0.717, 1.165) is 17.9 Å². The highest BCUT2D eigenvalue weighted by atomic mass is 28.3. The van der Waals surface area contributed by atoms with Crippen molar-refractivity contribution >= 4 is 34.8 Å². The molecule has 0 spiro atoms. The van der Waals surface area contributed by atoms with Crippen LogP contribution in [0.25, 0.3) is 32.8 Å². The summed E-state index contributed by atoms with van der Waals surface area (Å²) in [6.45, 7) is 16.3. The van der Waals surface area contributed by atoms with Gasteiger partial charge in [0.05, 0.1) is 19.0 Å². The molecular weight excluding hydrogens is 406 g/mol. The SMILES string of the molecule is Cc1c2c(c(C)c3ccc(CC(C)C)cc13)-c1c3c(cc([Si](C)(C)C)cc3cc[n+]1C)O2. The second-order valence-corrected chi connectivity index (χ2v) is 16.1. The molecule has 164 valence electrons. The Hall–Kier alpha value is -2.65. The second kappa shape index (κ2) is 7.18. The minimum atomic E-state index is -1.47. The smallest absolute Gasteiger partial charge is 0.228 e. The standard InChI is InChI=1S/C29H34NOSi/c1-17(2)13-20-9-10-23-18(3)26-28-27-21(11-12-30(28)5)15-22(32(6,7)8)16-25(27)31-29(26)19(4)24(23)14-20/h9-12,14-17H,13H2,1-8H3/q+1. The minimum Gasteiger partial charge on any atom is -0.455 e. The third-order valence-electron chi connectivity index (χ3n) is 6.99. The fourth-order valence-corrected chi connectivity index (χ4v) is 6.40. The Morgan fingerprint density at radius 2 is 1.69 bits per heavy atom. The highest BCUT2D eigenvalue weighted by molar-refractivity contribution is 6.88.